The number of anilines is 3. The molecule has 72 heavy (non-hydrogen) atoms. The van der Waals surface area contributed by atoms with E-state index in [1.54, 1.807) is 18.2 Å². The molecule has 1 aromatic heterocycles. The van der Waals surface area contributed by atoms with Crippen LogP contribution in [0.15, 0.2) is 53.5 Å². The zero-order chi connectivity index (χ0) is 52.5. The fraction of sp³-hybridized carbons (Fsp3) is 0.435. The van der Waals surface area contributed by atoms with E-state index in [0.717, 1.165) is 53.2 Å². The summed E-state index contributed by atoms with van der Waals surface area (Å²) in [4.78, 5) is 85.1. The zero-order valence-corrected chi connectivity index (χ0v) is 42.9. The number of aliphatic hydroxyl groups is 1. The monoisotopic (exact) mass is 1060 g/mol. The average molecular weight is 1060 g/mol. The molecule has 0 bridgehead atoms. The van der Waals surface area contributed by atoms with Crippen molar-refractivity contribution < 1.29 is 75.3 Å². The number of carbonyl (C=O) groups excluding carboxylic acids is 2. The molecule has 3 aliphatic heterocycles. The number of hydrogen-bond donors (Lipinski definition) is 7. The van der Waals surface area contributed by atoms with Gasteiger partial charge in [-0.15, -0.1) is 0 Å². The van der Waals surface area contributed by atoms with E-state index < -0.39 is 71.7 Å². The molecule has 1 amide bonds. The molecule has 0 aliphatic carbocycles. The van der Waals surface area contributed by atoms with E-state index in [1.165, 1.54) is 6.20 Å². The van der Waals surface area contributed by atoms with Crippen LogP contribution in [0.1, 0.15) is 114 Å². The minimum Gasteiger partial charge on any atom is -0.456 e. The summed E-state index contributed by atoms with van der Waals surface area (Å²) in [7, 11) is -16.8. The van der Waals surface area contributed by atoms with Gasteiger partial charge >= 0.3 is 35.1 Å². The van der Waals surface area contributed by atoms with Crippen LogP contribution in [0.2, 0.25) is 0 Å². The lowest BCUT2D eigenvalue weighted by molar-refractivity contribution is -0.0523. The van der Waals surface area contributed by atoms with E-state index >= 15 is 0 Å². The van der Waals surface area contributed by atoms with Gasteiger partial charge in [0.2, 0.25) is 0 Å². The predicted molar refractivity (Wildman–Crippen MR) is 262 cm³/mol. The third-order valence-corrected chi connectivity index (χ3v) is 16.2. The number of carbonyl (C=O) groups is 2. The number of phosphoric acid groups is 3. The smallest absolute Gasteiger partial charge is 0.456 e. The Balaban J connectivity index is 0.997. The number of nitrogen functional groups attached to an aromatic ring is 1. The Hall–Kier alpha value is -5.43. The molecule has 3 aromatic carbocycles. The van der Waals surface area contributed by atoms with Crippen molar-refractivity contribution >= 4 is 52.5 Å². The van der Waals surface area contributed by atoms with Crippen LogP contribution in [0.3, 0.4) is 0 Å². The fourth-order valence-corrected chi connectivity index (χ4v) is 12.1. The molecule has 2 unspecified atom stereocenters. The molecule has 1 fully saturated rings. The minimum absolute atomic E-state index is 0.110. The van der Waals surface area contributed by atoms with Crippen molar-refractivity contribution in [3.8, 4) is 23.3 Å². The van der Waals surface area contributed by atoms with E-state index in [-0.39, 0.29) is 35.5 Å². The molecule has 0 radical (unpaired) electrons. The molecule has 388 valence electrons. The Morgan fingerprint density at radius 1 is 0.889 bits per heavy atom. The van der Waals surface area contributed by atoms with Crippen LogP contribution in [0.4, 0.5) is 17.2 Å². The standard InChI is InChI=1S/C46H57N6O17P3/c1-7-50(8-2)36-23-39-34(19-27(36)5)46(35-20-28(6)37(24-40(35)66-39)51(9-3)10-4)33-17-16-29(21-32(33)44(55)67-46)42(54)48-18-14-12-11-13-15-30-25-52(45(56)49-41(30)47)43-38(53)22-31(65-43)26-64-71(60,61)69-72(62,63)68-70(57,58)59/h16-17,19-21,23-25,31,38,43,53H,7-12,14,18,22,26H2,1-6H3,(H,48,54)(H,60,61)(H,62,63)(H2,47,49,56)(H2,57,58,59)/t31-,38+,43+/m0/s1. The van der Waals surface area contributed by atoms with Crippen molar-refractivity contribution in [2.24, 2.45) is 0 Å². The van der Waals surface area contributed by atoms with Gasteiger partial charge in [0.1, 0.15) is 23.4 Å². The van der Waals surface area contributed by atoms with Gasteiger partial charge in [0.25, 0.3) is 5.91 Å². The first-order valence-corrected chi connectivity index (χ1v) is 27.6. The summed E-state index contributed by atoms with van der Waals surface area (Å²) in [6.07, 6.45) is -1.66. The number of nitrogens with one attached hydrogen (secondary N) is 1. The van der Waals surface area contributed by atoms with Crippen LogP contribution >= 0.6 is 23.5 Å². The average Bonchev–Trinajstić information content (AvgIpc) is 3.82. The number of ether oxygens (including phenoxy) is 3. The first-order chi connectivity index (χ1) is 33.9. The van der Waals surface area contributed by atoms with Crippen LogP contribution in [-0.4, -0.2) is 97.6 Å². The van der Waals surface area contributed by atoms with Crippen molar-refractivity contribution in [3.63, 3.8) is 0 Å². The molecule has 8 N–H and O–H groups in total. The van der Waals surface area contributed by atoms with Crippen LogP contribution in [0, 0.1) is 25.7 Å². The SMILES string of the molecule is CCN(CC)c1cc2c(cc1C)C1(OC(=O)c3cc(C(=O)NCCCCC#Cc4cn([C@@H]5O[C@H](COP(=O)(O)OP(=O)(O)OP(=O)(O)O)C[C@H]5O)c(=O)nc4N)ccc31)c1cc(C)c(N(CC)CC)cc1O2. The lowest BCUT2D eigenvalue weighted by atomic mass is 9.76. The molecule has 4 heterocycles. The van der Waals surface area contributed by atoms with Crippen LogP contribution in [0.25, 0.3) is 0 Å². The number of rotatable bonds is 19. The number of fused-ring (bicyclic) bond motifs is 6. The van der Waals surface area contributed by atoms with E-state index in [2.05, 4.69) is 72.8 Å². The molecule has 26 heteroatoms. The van der Waals surface area contributed by atoms with E-state index in [4.69, 9.17) is 29.7 Å². The molecule has 5 atom stereocenters. The Bertz CT molecular complexity index is 2970. The number of aryl methyl sites for hydroxylation is 2. The van der Waals surface area contributed by atoms with Gasteiger partial charge in [-0.2, -0.15) is 13.6 Å². The van der Waals surface area contributed by atoms with E-state index in [9.17, 15) is 43.0 Å². The summed E-state index contributed by atoms with van der Waals surface area (Å²) >= 11 is 0. The maximum absolute atomic E-state index is 14.0. The summed E-state index contributed by atoms with van der Waals surface area (Å²) in [5.41, 5.74) is 10.4. The van der Waals surface area contributed by atoms with Crippen LogP contribution in [-0.2, 0) is 41.9 Å². The number of esters is 1. The number of aliphatic hydroxyl groups excluding tert-OH is 1. The van der Waals surface area contributed by atoms with E-state index in [0.29, 0.717) is 47.5 Å². The summed E-state index contributed by atoms with van der Waals surface area (Å²) < 4.78 is 66.3. The Kier molecular flexibility index (Phi) is 16.3. The van der Waals surface area contributed by atoms with Crippen molar-refractivity contribution in [1.82, 2.24) is 14.9 Å². The molecule has 4 aromatic rings. The molecule has 0 saturated carbocycles. The second kappa shape index (κ2) is 21.6. The first kappa shape index (κ1) is 54.3. The topological polar surface area (TPSA) is 321 Å². The summed E-state index contributed by atoms with van der Waals surface area (Å²) in [6, 6.07) is 13.1. The number of nitrogens with two attached hydrogens (primary N) is 1. The zero-order valence-electron chi connectivity index (χ0n) is 40.3. The fourth-order valence-electron chi connectivity index (χ4n) is 9.09. The number of aromatic nitrogens is 2. The highest BCUT2D eigenvalue weighted by Crippen LogP contribution is 2.66. The van der Waals surface area contributed by atoms with Crippen molar-refractivity contribution in [2.45, 2.75) is 91.3 Å². The minimum atomic E-state index is -5.76. The van der Waals surface area contributed by atoms with Gasteiger partial charge in [-0.3, -0.25) is 13.9 Å². The van der Waals surface area contributed by atoms with Crippen molar-refractivity contribution in [2.75, 3.05) is 54.9 Å². The van der Waals surface area contributed by atoms with Crippen molar-refractivity contribution in [3.05, 3.63) is 104 Å². The quantitative estimate of drug-likeness (QED) is 0.0258. The molecular weight excluding hydrogens is 1000 g/mol. The normalized spacial score (nSPS) is 19.2. The van der Waals surface area contributed by atoms with Crippen molar-refractivity contribution in [1.29, 1.82) is 0 Å². The number of hydrogen-bond acceptors (Lipinski definition) is 17. The highest BCUT2D eigenvalue weighted by atomic mass is 31.3. The number of nitrogens with zero attached hydrogens (tertiary/aromatic N) is 4. The molecule has 23 nitrogen and oxygen atoms in total. The molecule has 7 rings (SSSR count). The highest BCUT2D eigenvalue weighted by molar-refractivity contribution is 7.66. The Labute approximate surface area is 414 Å². The number of amides is 1. The predicted octanol–water partition coefficient (Wildman–Crippen LogP) is 5.65. The third kappa shape index (κ3) is 11.5. The van der Waals surface area contributed by atoms with Gasteiger partial charge in [0, 0.05) is 97.5 Å². The van der Waals surface area contributed by atoms with Gasteiger partial charge in [-0.25, -0.2) is 23.3 Å². The lowest BCUT2D eigenvalue weighted by Gasteiger charge is -2.39. The summed E-state index contributed by atoms with van der Waals surface area (Å²) in [5, 5.41) is 13.6. The van der Waals surface area contributed by atoms with Gasteiger partial charge in [-0.05, 0) is 89.8 Å². The Morgan fingerprint density at radius 3 is 2.08 bits per heavy atom. The van der Waals surface area contributed by atoms with Gasteiger partial charge in [-0.1, -0.05) is 17.9 Å². The van der Waals surface area contributed by atoms with Gasteiger partial charge in [0.15, 0.2) is 11.8 Å². The second-order valence-electron chi connectivity index (χ2n) is 17.1. The van der Waals surface area contributed by atoms with Gasteiger partial charge in [0.05, 0.1) is 23.8 Å². The molecule has 3 aliphatic rings. The number of unbranched alkanes of at least 4 members (excludes halogenated alkanes) is 2. The molecular formula is C46H57N6O17P3. The van der Waals surface area contributed by atoms with E-state index in [1.807, 2.05) is 38.1 Å². The summed E-state index contributed by atoms with van der Waals surface area (Å²) in [5.74, 6) is 5.76. The Morgan fingerprint density at radius 2 is 1.50 bits per heavy atom. The second-order valence-corrected chi connectivity index (χ2v) is 21.6. The lowest BCUT2D eigenvalue weighted by Crippen LogP contribution is -2.34. The number of benzene rings is 3. The maximum atomic E-state index is 14.0. The largest absolute Gasteiger partial charge is 0.490 e. The summed E-state index contributed by atoms with van der Waals surface area (Å²) in [6.45, 7) is 15.0. The number of phosphoric ester groups is 1. The molecule has 1 spiro atoms. The van der Waals surface area contributed by atoms with Crippen LogP contribution in [0.5, 0.6) is 11.5 Å². The highest BCUT2D eigenvalue weighted by Gasteiger charge is 2.54. The maximum Gasteiger partial charge on any atom is 0.490 e. The third-order valence-electron chi connectivity index (χ3n) is 12.4. The molecule has 1 saturated heterocycles. The van der Waals surface area contributed by atoms with Gasteiger partial charge < -0.3 is 59.7 Å². The van der Waals surface area contributed by atoms with Crippen LogP contribution < -0.4 is 31.3 Å². The first-order valence-electron chi connectivity index (χ1n) is 23.1.